The number of hydrogen-bond acceptors (Lipinski definition) is 9. The highest BCUT2D eigenvalue weighted by molar-refractivity contribution is 14.1. The third-order valence-electron chi connectivity index (χ3n) is 6.81. The van der Waals surface area contributed by atoms with Gasteiger partial charge in [-0.05, 0) is 67.5 Å². The van der Waals surface area contributed by atoms with Gasteiger partial charge in [-0.1, -0.05) is 0 Å². The summed E-state index contributed by atoms with van der Waals surface area (Å²) in [6.45, 7) is 5.24. The van der Waals surface area contributed by atoms with Crippen molar-refractivity contribution in [3.63, 3.8) is 0 Å². The van der Waals surface area contributed by atoms with Crippen molar-refractivity contribution < 1.29 is 43.5 Å². The molecule has 0 aromatic heterocycles. The molecule has 3 N–H and O–H groups in total. The van der Waals surface area contributed by atoms with Gasteiger partial charge in [0.05, 0.1) is 42.0 Å². The van der Waals surface area contributed by atoms with Gasteiger partial charge in [0.25, 0.3) is 0 Å². The Bertz CT molecular complexity index is 1060. The van der Waals surface area contributed by atoms with E-state index in [1.807, 2.05) is 36.4 Å². The van der Waals surface area contributed by atoms with E-state index in [9.17, 15) is 24.6 Å². The summed E-state index contributed by atoms with van der Waals surface area (Å²) in [7, 11) is 1.44. The molecule has 0 saturated carbocycles. The van der Waals surface area contributed by atoms with Gasteiger partial charge in [-0.15, -0.1) is 0 Å². The lowest BCUT2D eigenvalue weighted by Crippen LogP contribution is -2.56. The number of aliphatic hydroxyl groups excluding tert-OH is 2. The van der Waals surface area contributed by atoms with Crippen LogP contribution in [0.2, 0.25) is 0 Å². The maximum absolute atomic E-state index is 13.7. The summed E-state index contributed by atoms with van der Waals surface area (Å²) in [6, 6.07) is 2.39. The smallest absolute Gasteiger partial charge is 0.247 e. The Hall–Kier alpha value is -2.26. The molecule has 1 fully saturated rings. The van der Waals surface area contributed by atoms with Gasteiger partial charge in [0.1, 0.15) is 18.5 Å². The number of ether oxygens (including phenoxy) is 4. The van der Waals surface area contributed by atoms with Crippen molar-refractivity contribution in [1.82, 2.24) is 10.2 Å². The van der Waals surface area contributed by atoms with E-state index in [-0.39, 0.29) is 37.5 Å². The molecule has 1 heterocycles. The van der Waals surface area contributed by atoms with Gasteiger partial charge in [-0.2, -0.15) is 0 Å². The fraction of sp³-hybridized carbons (Fsp3) is 0.607. The number of amides is 2. The van der Waals surface area contributed by atoms with Crippen molar-refractivity contribution in [2.45, 2.75) is 57.5 Å². The largest absolute Gasteiger partial charge is 0.493 e. The average molecular weight is 675 g/mol. The van der Waals surface area contributed by atoms with Crippen LogP contribution in [0.1, 0.15) is 43.5 Å². The Kier molecular flexibility index (Phi) is 12.6. The number of aliphatic hydroxyl groups is 2. The predicted molar refractivity (Wildman–Crippen MR) is 154 cm³/mol. The zero-order valence-corrected chi connectivity index (χ0v) is 25.3. The van der Waals surface area contributed by atoms with E-state index in [1.54, 1.807) is 17.0 Å². The number of hydrogen-bond donors (Lipinski definition) is 3. The second kappa shape index (κ2) is 15.7. The van der Waals surface area contributed by atoms with Crippen LogP contribution in [0.5, 0.6) is 11.5 Å². The van der Waals surface area contributed by atoms with Crippen LogP contribution in [0.25, 0.3) is 0 Å². The molecule has 1 aromatic carbocycles. The number of carbonyl (C=O) groups excluding carboxylic acids is 3. The minimum Gasteiger partial charge on any atom is -0.493 e. The number of methoxy groups -OCH3 is 1. The highest BCUT2D eigenvalue weighted by Crippen LogP contribution is 2.37. The molecule has 0 radical (unpaired) electrons. The summed E-state index contributed by atoms with van der Waals surface area (Å²) in [5.41, 5.74) is 0.723. The van der Waals surface area contributed by atoms with Crippen molar-refractivity contribution in [1.29, 1.82) is 0 Å². The fourth-order valence-corrected chi connectivity index (χ4v) is 5.55. The van der Waals surface area contributed by atoms with Crippen molar-refractivity contribution in [2.75, 3.05) is 46.6 Å². The number of rotatable bonds is 14. The van der Waals surface area contributed by atoms with Crippen LogP contribution >= 0.6 is 22.6 Å². The van der Waals surface area contributed by atoms with E-state index in [1.165, 1.54) is 13.2 Å². The van der Waals surface area contributed by atoms with E-state index in [0.29, 0.717) is 71.7 Å². The molecule has 12 heteroatoms. The monoisotopic (exact) mass is 674 g/mol. The number of aldehydes is 1. The molecule has 1 aliphatic heterocycles. The van der Waals surface area contributed by atoms with Gasteiger partial charge in [0.15, 0.2) is 11.5 Å². The zero-order valence-electron chi connectivity index (χ0n) is 23.1. The van der Waals surface area contributed by atoms with Crippen LogP contribution in [0.3, 0.4) is 0 Å². The Morgan fingerprint density at radius 3 is 2.73 bits per heavy atom. The SMILES string of the molecule is COc1cc(C=O)cc(I)c1O[C@H]1C=C(C(=O)NCCO)C[C@@H](N(CCCOC(C)C)C(=O)C2CCOC2)[C@@H]1O. The molecule has 1 unspecified atom stereocenters. The first kappa shape index (κ1) is 32.3. The average Bonchev–Trinajstić information content (AvgIpc) is 3.48. The van der Waals surface area contributed by atoms with Gasteiger partial charge >= 0.3 is 0 Å². The molecule has 1 aromatic rings. The maximum Gasteiger partial charge on any atom is 0.247 e. The molecule has 3 rings (SSSR count). The minimum atomic E-state index is -1.18. The first-order valence-corrected chi connectivity index (χ1v) is 14.5. The lowest BCUT2D eigenvalue weighted by Gasteiger charge is -2.41. The molecular weight excluding hydrogens is 635 g/mol. The molecule has 0 spiro atoms. The second-order valence-corrected chi connectivity index (χ2v) is 11.2. The number of nitrogens with one attached hydrogen (secondary N) is 1. The highest BCUT2D eigenvalue weighted by atomic mass is 127. The lowest BCUT2D eigenvalue weighted by molar-refractivity contribution is -0.143. The maximum atomic E-state index is 13.7. The fourth-order valence-electron chi connectivity index (χ4n) is 4.80. The van der Waals surface area contributed by atoms with Crippen LogP contribution in [0.4, 0.5) is 0 Å². The van der Waals surface area contributed by atoms with Gasteiger partial charge in [-0.25, -0.2) is 0 Å². The summed E-state index contributed by atoms with van der Waals surface area (Å²) in [6.07, 6.45) is 1.31. The molecule has 2 aliphatic rings. The molecule has 4 atom stereocenters. The van der Waals surface area contributed by atoms with Crippen LogP contribution in [-0.2, 0) is 19.1 Å². The van der Waals surface area contributed by atoms with Gasteiger partial charge in [0, 0.05) is 43.9 Å². The topological polar surface area (TPSA) is 144 Å². The third-order valence-corrected chi connectivity index (χ3v) is 7.61. The summed E-state index contributed by atoms with van der Waals surface area (Å²) in [5.74, 6) is -0.309. The minimum absolute atomic E-state index is 0.0400. The standard InChI is InChI=1S/C28H39IN2O9/c1-17(2)39-9-4-7-31(28(36)19-5-10-38-16-19)22-13-20(27(35)30-6-8-32)14-23(25(22)34)40-26-21(29)11-18(15-33)12-24(26)37-3/h11-12,14-15,17,19,22-23,25,32,34H,4-10,13,16H2,1-3H3,(H,30,35)/t19?,22-,23+,25+/m1/s1. The van der Waals surface area contributed by atoms with Crippen molar-refractivity contribution in [2.24, 2.45) is 5.92 Å². The van der Waals surface area contributed by atoms with Crippen LogP contribution in [-0.4, -0.2) is 104 Å². The summed E-state index contributed by atoms with van der Waals surface area (Å²) in [4.78, 5) is 39.7. The zero-order chi connectivity index (χ0) is 29.2. The second-order valence-electron chi connectivity index (χ2n) is 10.0. The third kappa shape index (κ3) is 8.38. The molecule has 1 aliphatic carbocycles. The highest BCUT2D eigenvalue weighted by Gasteiger charge is 2.42. The first-order chi connectivity index (χ1) is 19.2. The Morgan fingerprint density at radius 1 is 1.32 bits per heavy atom. The van der Waals surface area contributed by atoms with Crippen LogP contribution < -0.4 is 14.8 Å². The number of nitrogens with zero attached hydrogens (tertiary/aromatic N) is 1. The Labute approximate surface area is 248 Å². The summed E-state index contributed by atoms with van der Waals surface area (Å²) in [5, 5.41) is 23.5. The van der Waals surface area contributed by atoms with Crippen LogP contribution in [0.15, 0.2) is 23.8 Å². The van der Waals surface area contributed by atoms with E-state index in [2.05, 4.69) is 5.32 Å². The summed E-state index contributed by atoms with van der Waals surface area (Å²) < 4.78 is 23.4. The van der Waals surface area contributed by atoms with E-state index >= 15 is 0 Å². The molecular formula is C28H39IN2O9. The van der Waals surface area contributed by atoms with Crippen molar-refractivity contribution in [3.05, 3.63) is 32.9 Å². The molecule has 1 saturated heterocycles. The lowest BCUT2D eigenvalue weighted by atomic mass is 9.87. The van der Waals surface area contributed by atoms with Gasteiger partial charge < -0.3 is 39.4 Å². The van der Waals surface area contributed by atoms with E-state index in [0.717, 1.165) is 0 Å². The predicted octanol–water partition coefficient (Wildman–Crippen LogP) is 1.71. The van der Waals surface area contributed by atoms with Gasteiger partial charge in [-0.3, -0.25) is 14.4 Å². The Balaban J connectivity index is 1.96. The molecule has 2 amide bonds. The quantitative estimate of drug-likeness (QED) is 0.153. The van der Waals surface area contributed by atoms with Crippen LogP contribution in [0, 0.1) is 9.49 Å². The summed E-state index contributed by atoms with van der Waals surface area (Å²) >= 11 is 2.02. The number of carbonyl (C=O) groups is 3. The molecule has 11 nitrogen and oxygen atoms in total. The number of benzene rings is 1. The number of halogens is 1. The molecule has 0 bridgehead atoms. The normalized spacial score (nSPS) is 22.5. The van der Waals surface area contributed by atoms with Crippen molar-refractivity contribution >= 4 is 40.7 Å². The van der Waals surface area contributed by atoms with E-state index < -0.39 is 24.2 Å². The van der Waals surface area contributed by atoms with E-state index in [4.69, 9.17) is 18.9 Å². The first-order valence-electron chi connectivity index (χ1n) is 13.5. The molecule has 222 valence electrons. The van der Waals surface area contributed by atoms with Crippen molar-refractivity contribution in [3.8, 4) is 11.5 Å². The Morgan fingerprint density at radius 2 is 2.10 bits per heavy atom. The molecule has 40 heavy (non-hydrogen) atoms. The van der Waals surface area contributed by atoms with Gasteiger partial charge in [0.2, 0.25) is 11.8 Å².